The molecule has 18 heavy (non-hydrogen) atoms. The van der Waals surface area contributed by atoms with Crippen LogP contribution in [0.15, 0.2) is 16.7 Å². The molecule has 0 aliphatic carbocycles. The molecule has 0 atom stereocenters. The van der Waals surface area contributed by atoms with Gasteiger partial charge in [-0.1, -0.05) is 6.92 Å². The Balaban J connectivity index is 2.58. The summed E-state index contributed by atoms with van der Waals surface area (Å²) < 4.78 is 6.70. The second kappa shape index (κ2) is 8.45. The number of rotatable bonds is 8. The molecule has 102 valence electrons. The van der Waals surface area contributed by atoms with Crippen molar-refractivity contribution in [3.8, 4) is 5.88 Å². The molecule has 1 aromatic rings. The number of hydrogen-bond donors (Lipinski definition) is 1. The lowest BCUT2D eigenvalue weighted by atomic mass is 10.2. The van der Waals surface area contributed by atoms with Crippen LogP contribution in [0.4, 0.5) is 0 Å². The second-order valence-corrected chi connectivity index (χ2v) is 5.36. The molecular formula is C13H22BrN3O. The fourth-order valence-corrected chi connectivity index (χ4v) is 1.83. The van der Waals surface area contributed by atoms with Gasteiger partial charge in [0.05, 0.1) is 0 Å². The molecule has 0 saturated carbocycles. The highest BCUT2D eigenvalue weighted by Gasteiger charge is 2.06. The fraction of sp³-hybridized carbons (Fsp3) is 0.615. The summed E-state index contributed by atoms with van der Waals surface area (Å²) in [4.78, 5) is 6.42. The van der Waals surface area contributed by atoms with Crippen molar-refractivity contribution in [2.75, 3.05) is 33.8 Å². The number of halogens is 1. The maximum Gasteiger partial charge on any atom is 0.217 e. The van der Waals surface area contributed by atoms with Gasteiger partial charge in [-0.2, -0.15) is 0 Å². The van der Waals surface area contributed by atoms with E-state index in [2.05, 4.69) is 44.1 Å². The Morgan fingerprint density at radius 2 is 2.22 bits per heavy atom. The van der Waals surface area contributed by atoms with Gasteiger partial charge in [-0.15, -0.1) is 0 Å². The van der Waals surface area contributed by atoms with Crippen LogP contribution in [0.5, 0.6) is 5.88 Å². The van der Waals surface area contributed by atoms with Gasteiger partial charge in [-0.25, -0.2) is 4.98 Å². The molecule has 1 heterocycles. The molecule has 5 heteroatoms. The van der Waals surface area contributed by atoms with E-state index < -0.39 is 0 Å². The Labute approximate surface area is 118 Å². The molecule has 1 rings (SSSR count). The van der Waals surface area contributed by atoms with E-state index in [1.165, 1.54) is 0 Å². The number of hydrogen-bond acceptors (Lipinski definition) is 4. The molecule has 0 spiro atoms. The molecule has 0 unspecified atom stereocenters. The van der Waals surface area contributed by atoms with Gasteiger partial charge in [0.1, 0.15) is 6.61 Å². The third kappa shape index (κ3) is 5.80. The predicted octanol–water partition coefficient (Wildman–Crippen LogP) is 2.28. The first kappa shape index (κ1) is 15.4. The topological polar surface area (TPSA) is 37.4 Å². The maximum absolute atomic E-state index is 5.72. The molecule has 1 N–H and O–H groups in total. The van der Waals surface area contributed by atoms with Gasteiger partial charge in [-0.3, -0.25) is 0 Å². The highest BCUT2D eigenvalue weighted by atomic mass is 79.9. The van der Waals surface area contributed by atoms with Crippen LogP contribution in [0.2, 0.25) is 0 Å². The Kier molecular flexibility index (Phi) is 7.23. The standard InChI is InChI=1S/C13H22BrN3O/c1-4-5-15-9-11-8-12(14)10-16-13(11)18-7-6-17(2)3/h8,10,15H,4-7,9H2,1-3H3. The van der Waals surface area contributed by atoms with E-state index >= 15 is 0 Å². The Morgan fingerprint density at radius 1 is 1.44 bits per heavy atom. The average molecular weight is 316 g/mol. The van der Waals surface area contributed by atoms with Crippen LogP contribution in [0.25, 0.3) is 0 Å². The summed E-state index contributed by atoms with van der Waals surface area (Å²) in [7, 11) is 4.06. The minimum absolute atomic E-state index is 0.655. The van der Waals surface area contributed by atoms with Crippen LogP contribution >= 0.6 is 15.9 Å². The van der Waals surface area contributed by atoms with E-state index in [4.69, 9.17) is 4.74 Å². The lowest BCUT2D eigenvalue weighted by molar-refractivity contribution is 0.251. The number of aromatic nitrogens is 1. The van der Waals surface area contributed by atoms with Crippen LogP contribution in [0, 0.1) is 0 Å². The van der Waals surface area contributed by atoms with E-state index in [1.54, 1.807) is 6.20 Å². The molecule has 0 aromatic carbocycles. The van der Waals surface area contributed by atoms with Crippen molar-refractivity contribution >= 4 is 15.9 Å². The first-order valence-corrected chi connectivity index (χ1v) is 7.05. The highest BCUT2D eigenvalue weighted by Crippen LogP contribution is 2.19. The normalized spacial score (nSPS) is 10.9. The summed E-state index contributed by atoms with van der Waals surface area (Å²) in [5.41, 5.74) is 1.09. The quantitative estimate of drug-likeness (QED) is 0.747. The smallest absolute Gasteiger partial charge is 0.217 e. The van der Waals surface area contributed by atoms with Crippen LogP contribution in [-0.4, -0.2) is 43.7 Å². The van der Waals surface area contributed by atoms with Gasteiger partial charge in [0.25, 0.3) is 0 Å². The van der Waals surface area contributed by atoms with Crippen molar-refractivity contribution in [1.82, 2.24) is 15.2 Å². The molecule has 0 radical (unpaired) electrons. The second-order valence-electron chi connectivity index (χ2n) is 4.45. The van der Waals surface area contributed by atoms with E-state index in [1.807, 2.05) is 14.1 Å². The molecule has 0 amide bonds. The zero-order chi connectivity index (χ0) is 13.4. The summed E-state index contributed by atoms with van der Waals surface area (Å²) >= 11 is 3.44. The van der Waals surface area contributed by atoms with Crippen molar-refractivity contribution in [1.29, 1.82) is 0 Å². The van der Waals surface area contributed by atoms with Crippen molar-refractivity contribution < 1.29 is 4.74 Å². The van der Waals surface area contributed by atoms with E-state index in [9.17, 15) is 0 Å². The number of likely N-dealkylation sites (N-methyl/N-ethyl adjacent to an activating group) is 1. The lowest BCUT2D eigenvalue weighted by Gasteiger charge is -2.13. The summed E-state index contributed by atoms with van der Waals surface area (Å²) in [5, 5.41) is 3.37. The van der Waals surface area contributed by atoms with E-state index in [0.717, 1.165) is 42.0 Å². The average Bonchev–Trinajstić information content (AvgIpc) is 2.32. The summed E-state index contributed by atoms with van der Waals surface area (Å²) in [6, 6.07) is 2.06. The van der Waals surface area contributed by atoms with Gasteiger partial charge >= 0.3 is 0 Å². The first-order chi connectivity index (χ1) is 8.63. The van der Waals surface area contributed by atoms with Gasteiger partial charge < -0.3 is 15.0 Å². The van der Waals surface area contributed by atoms with Crippen LogP contribution in [-0.2, 0) is 6.54 Å². The molecule has 4 nitrogen and oxygen atoms in total. The SMILES string of the molecule is CCCNCc1cc(Br)cnc1OCCN(C)C. The van der Waals surface area contributed by atoms with Crippen molar-refractivity contribution in [3.63, 3.8) is 0 Å². The first-order valence-electron chi connectivity index (χ1n) is 6.26. The zero-order valence-corrected chi connectivity index (χ0v) is 13.0. The van der Waals surface area contributed by atoms with Crippen LogP contribution in [0.1, 0.15) is 18.9 Å². The summed E-state index contributed by atoms with van der Waals surface area (Å²) in [6.45, 7) is 5.49. The van der Waals surface area contributed by atoms with Gasteiger partial charge in [0, 0.05) is 29.3 Å². The molecule has 0 bridgehead atoms. The monoisotopic (exact) mass is 315 g/mol. The minimum atomic E-state index is 0.655. The molecule has 0 fully saturated rings. The zero-order valence-electron chi connectivity index (χ0n) is 11.4. The van der Waals surface area contributed by atoms with Gasteiger partial charge in [0.2, 0.25) is 5.88 Å². The largest absolute Gasteiger partial charge is 0.476 e. The fourth-order valence-electron chi connectivity index (χ4n) is 1.45. The number of pyridine rings is 1. The maximum atomic E-state index is 5.72. The Morgan fingerprint density at radius 3 is 2.89 bits per heavy atom. The number of ether oxygens (including phenoxy) is 1. The number of nitrogens with zero attached hydrogens (tertiary/aromatic N) is 2. The minimum Gasteiger partial charge on any atom is -0.476 e. The molecule has 0 aliphatic rings. The third-order valence-electron chi connectivity index (χ3n) is 2.41. The number of nitrogens with one attached hydrogen (secondary N) is 1. The van der Waals surface area contributed by atoms with Crippen molar-refractivity contribution in [2.24, 2.45) is 0 Å². The van der Waals surface area contributed by atoms with E-state index in [-0.39, 0.29) is 0 Å². The Hall–Kier alpha value is -0.650. The van der Waals surface area contributed by atoms with Crippen molar-refractivity contribution in [2.45, 2.75) is 19.9 Å². The molecule has 0 saturated heterocycles. The molecular weight excluding hydrogens is 294 g/mol. The highest BCUT2D eigenvalue weighted by molar-refractivity contribution is 9.10. The van der Waals surface area contributed by atoms with Gasteiger partial charge in [0.15, 0.2) is 0 Å². The molecule has 0 aliphatic heterocycles. The van der Waals surface area contributed by atoms with Crippen LogP contribution < -0.4 is 10.1 Å². The van der Waals surface area contributed by atoms with Crippen LogP contribution in [0.3, 0.4) is 0 Å². The Bertz CT molecular complexity index is 358. The molecule has 1 aromatic heterocycles. The van der Waals surface area contributed by atoms with E-state index in [0.29, 0.717) is 6.61 Å². The van der Waals surface area contributed by atoms with Crippen molar-refractivity contribution in [3.05, 3.63) is 22.3 Å². The third-order valence-corrected chi connectivity index (χ3v) is 2.85. The predicted molar refractivity (Wildman–Crippen MR) is 78.0 cm³/mol. The summed E-state index contributed by atoms with van der Waals surface area (Å²) in [5.74, 6) is 0.726. The lowest BCUT2D eigenvalue weighted by Crippen LogP contribution is -2.21. The summed E-state index contributed by atoms with van der Waals surface area (Å²) in [6.07, 6.45) is 2.90. The van der Waals surface area contributed by atoms with Gasteiger partial charge in [-0.05, 0) is 49.1 Å².